The number of rotatable bonds is 27. The van der Waals surface area contributed by atoms with E-state index < -0.39 is 95.2 Å². The molecular formula is C62H76N6O10. The van der Waals surface area contributed by atoms with Crippen molar-refractivity contribution >= 4 is 47.4 Å². The molecule has 6 N–H and O–H groups in total. The van der Waals surface area contributed by atoms with Gasteiger partial charge >= 0.3 is 12.1 Å². The van der Waals surface area contributed by atoms with Crippen LogP contribution in [0.25, 0.3) is 0 Å². The van der Waals surface area contributed by atoms with E-state index in [1.165, 1.54) is 6.92 Å². The van der Waals surface area contributed by atoms with Crippen molar-refractivity contribution in [3.05, 3.63) is 179 Å². The second-order valence-corrected chi connectivity index (χ2v) is 21.0. The first-order valence-corrected chi connectivity index (χ1v) is 26.6. The maximum atomic E-state index is 14.6. The van der Waals surface area contributed by atoms with Gasteiger partial charge in [0.1, 0.15) is 41.9 Å². The van der Waals surface area contributed by atoms with Gasteiger partial charge in [0, 0.05) is 12.8 Å². The van der Waals surface area contributed by atoms with E-state index in [1.807, 2.05) is 142 Å². The van der Waals surface area contributed by atoms with Crippen LogP contribution in [0.3, 0.4) is 0 Å². The highest BCUT2D eigenvalue weighted by Gasteiger charge is 2.40. The average Bonchev–Trinajstić information content (AvgIpc) is 3.42. The van der Waals surface area contributed by atoms with Crippen molar-refractivity contribution in [2.75, 3.05) is 0 Å². The van der Waals surface area contributed by atoms with Crippen molar-refractivity contribution in [2.24, 2.45) is 11.8 Å². The molecule has 16 heteroatoms. The van der Waals surface area contributed by atoms with Crippen molar-refractivity contribution in [3.63, 3.8) is 0 Å². The summed E-state index contributed by atoms with van der Waals surface area (Å²) in [6, 6.07) is 40.2. The van der Waals surface area contributed by atoms with Gasteiger partial charge in [-0.15, -0.1) is 0 Å². The SMILES string of the molecule is CC[C@H](C)[C@H](NC(=O)[C@H](C)NC(=O)CCC(=O)[C@H](Cc1ccccc1)NC(=O)[C@H](CC(=O)NC(c1ccccc1)(c1ccccc1)c1ccccc1)NC(=O)OC(C)(C)C)C(=O)N[C@@H](CC(C)C)C(=O)OCc1ccccc1. The average molecular weight is 1070 g/mol. The molecule has 0 radical (unpaired) electrons. The summed E-state index contributed by atoms with van der Waals surface area (Å²) < 4.78 is 11.1. The number of nitrogens with one attached hydrogen (secondary N) is 6. The number of ether oxygens (including phenoxy) is 2. The maximum Gasteiger partial charge on any atom is 0.408 e. The normalized spacial score (nSPS) is 13.7. The minimum atomic E-state index is -1.55. The minimum absolute atomic E-state index is 0.00182. The van der Waals surface area contributed by atoms with Crippen molar-refractivity contribution < 1.29 is 47.8 Å². The predicted octanol–water partition coefficient (Wildman–Crippen LogP) is 7.76. The van der Waals surface area contributed by atoms with Crippen LogP contribution < -0.4 is 31.9 Å². The molecule has 5 aromatic carbocycles. The van der Waals surface area contributed by atoms with Crippen LogP contribution >= 0.6 is 0 Å². The number of carbonyl (C=O) groups is 8. The number of amides is 6. The van der Waals surface area contributed by atoms with E-state index in [4.69, 9.17) is 9.47 Å². The molecule has 414 valence electrons. The first-order valence-electron chi connectivity index (χ1n) is 26.6. The van der Waals surface area contributed by atoms with Crippen LogP contribution in [0.15, 0.2) is 152 Å². The van der Waals surface area contributed by atoms with Gasteiger partial charge in [0.05, 0.1) is 12.5 Å². The molecule has 0 aliphatic rings. The third-order valence-electron chi connectivity index (χ3n) is 13.0. The van der Waals surface area contributed by atoms with Crippen molar-refractivity contribution in [1.29, 1.82) is 0 Å². The molecule has 0 saturated heterocycles. The molecule has 16 nitrogen and oxygen atoms in total. The number of hydrogen-bond acceptors (Lipinski definition) is 10. The van der Waals surface area contributed by atoms with Crippen LogP contribution in [0, 0.1) is 11.8 Å². The first kappa shape index (κ1) is 60.7. The summed E-state index contributed by atoms with van der Waals surface area (Å²) in [5, 5.41) is 16.7. The number of hydrogen-bond donors (Lipinski definition) is 6. The van der Waals surface area contributed by atoms with Crippen molar-refractivity contribution in [1.82, 2.24) is 31.9 Å². The van der Waals surface area contributed by atoms with Gasteiger partial charge < -0.3 is 41.4 Å². The van der Waals surface area contributed by atoms with Crippen LogP contribution in [0.2, 0.25) is 0 Å². The van der Waals surface area contributed by atoms with E-state index >= 15 is 0 Å². The molecule has 0 aromatic heterocycles. The lowest BCUT2D eigenvalue weighted by Gasteiger charge is -2.37. The Labute approximate surface area is 458 Å². The van der Waals surface area contributed by atoms with Gasteiger partial charge in [-0.05, 0) is 80.2 Å². The summed E-state index contributed by atoms with van der Waals surface area (Å²) in [7, 11) is 0. The Kier molecular flexibility index (Phi) is 22.9. The van der Waals surface area contributed by atoms with Crippen LogP contribution in [0.5, 0.6) is 0 Å². The second kappa shape index (κ2) is 29.4. The van der Waals surface area contributed by atoms with Gasteiger partial charge in [0.15, 0.2) is 5.78 Å². The zero-order chi connectivity index (χ0) is 56.8. The lowest BCUT2D eigenvalue weighted by atomic mass is 9.77. The fraction of sp³-hybridized carbons (Fsp3) is 0.387. The Hall–Kier alpha value is -8.14. The fourth-order valence-corrected chi connectivity index (χ4v) is 8.80. The number of esters is 1. The van der Waals surface area contributed by atoms with E-state index in [0.29, 0.717) is 18.4 Å². The lowest BCUT2D eigenvalue weighted by Crippen LogP contribution is -2.57. The molecule has 78 heavy (non-hydrogen) atoms. The molecule has 0 bridgehead atoms. The van der Waals surface area contributed by atoms with Crippen molar-refractivity contribution in [2.45, 2.75) is 142 Å². The van der Waals surface area contributed by atoms with Gasteiger partial charge in [0.25, 0.3) is 0 Å². The van der Waals surface area contributed by atoms with E-state index in [-0.39, 0.29) is 37.7 Å². The monoisotopic (exact) mass is 1060 g/mol. The summed E-state index contributed by atoms with van der Waals surface area (Å²) in [5.74, 6) is -4.88. The standard InChI is InChI=1S/C62H76N6O10/c1-9-42(4)55(58(74)65-51(37-41(2)3)59(75)77-40-45-27-17-11-18-28-45)67-56(72)43(5)63-53(70)36-35-52(69)49(38-44-25-15-10-16-26-44)64-57(73)50(66-60(76)78-61(6,7)8)39-54(71)68-62(46-29-19-12-20-30-46,47-31-21-13-22-32-47)48-33-23-14-24-34-48/h10-34,41-43,49-51,55H,9,35-40H2,1-8H3,(H,63,70)(H,64,73)(H,65,74)(H,66,76)(H,67,72)(H,68,71)/t42-,43-,49-,50-,51-,55-/m0/s1. The molecule has 0 aliphatic heterocycles. The van der Waals surface area contributed by atoms with Gasteiger partial charge in [-0.3, -0.25) is 28.8 Å². The molecule has 0 fully saturated rings. The highest BCUT2D eigenvalue weighted by Crippen LogP contribution is 2.37. The Bertz CT molecular complexity index is 2660. The molecule has 6 atom stereocenters. The van der Waals surface area contributed by atoms with Gasteiger partial charge in [-0.2, -0.15) is 0 Å². The van der Waals surface area contributed by atoms with Crippen molar-refractivity contribution in [3.8, 4) is 0 Å². The second-order valence-electron chi connectivity index (χ2n) is 21.0. The van der Waals surface area contributed by atoms with Crippen LogP contribution in [0.4, 0.5) is 4.79 Å². The van der Waals surface area contributed by atoms with Gasteiger partial charge in [0.2, 0.25) is 29.5 Å². The zero-order valence-electron chi connectivity index (χ0n) is 46.0. The largest absolute Gasteiger partial charge is 0.459 e. The number of alkyl carbamates (subject to hydrolysis) is 1. The smallest absolute Gasteiger partial charge is 0.408 e. The molecule has 0 spiro atoms. The van der Waals surface area contributed by atoms with E-state index in [2.05, 4.69) is 31.9 Å². The highest BCUT2D eigenvalue weighted by molar-refractivity contribution is 5.97. The number of Topliss-reactive ketones (excluding diaryl/α,β-unsaturated/α-hetero) is 1. The zero-order valence-corrected chi connectivity index (χ0v) is 46.0. The minimum Gasteiger partial charge on any atom is -0.459 e. The van der Waals surface area contributed by atoms with Crippen LogP contribution in [-0.2, 0) is 61.6 Å². The predicted molar refractivity (Wildman–Crippen MR) is 298 cm³/mol. The van der Waals surface area contributed by atoms with E-state index in [9.17, 15) is 38.4 Å². The highest BCUT2D eigenvalue weighted by atomic mass is 16.6. The molecule has 0 saturated carbocycles. The molecule has 0 heterocycles. The Balaban J connectivity index is 1.30. The Morgan fingerprint density at radius 3 is 1.49 bits per heavy atom. The van der Waals surface area contributed by atoms with Gasteiger partial charge in [-0.25, -0.2) is 9.59 Å². The summed E-state index contributed by atoms with van der Waals surface area (Å²) in [4.78, 5) is 111. The molecule has 5 rings (SSSR count). The summed E-state index contributed by atoms with van der Waals surface area (Å²) >= 11 is 0. The topological polar surface area (TPSA) is 227 Å². The number of carbonyl (C=O) groups excluding carboxylic acids is 8. The lowest BCUT2D eigenvalue weighted by molar-refractivity contribution is -0.150. The quantitative estimate of drug-likeness (QED) is 0.0221. The number of benzene rings is 5. The van der Waals surface area contributed by atoms with Gasteiger partial charge in [-0.1, -0.05) is 186 Å². The van der Waals surface area contributed by atoms with Crippen LogP contribution in [-0.4, -0.2) is 83.2 Å². The van der Waals surface area contributed by atoms with E-state index in [1.54, 1.807) is 58.0 Å². The molecule has 6 amide bonds. The van der Waals surface area contributed by atoms with E-state index in [0.717, 1.165) is 22.3 Å². The first-order chi connectivity index (χ1) is 37.2. The summed E-state index contributed by atoms with van der Waals surface area (Å²) in [6.45, 7) is 13.9. The fourth-order valence-electron chi connectivity index (χ4n) is 8.80. The summed E-state index contributed by atoms with van der Waals surface area (Å²) in [6.07, 6.45) is -1.50. The third-order valence-corrected chi connectivity index (χ3v) is 13.0. The molecule has 0 aliphatic carbocycles. The molecule has 5 aromatic rings. The van der Waals surface area contributed by atoms with Crippen LogP contribution in [0.1, 0.15) is 115 Å². The third kappa shape index (κ3) is 18.6. The summed E-state index contributed by atoms with van der Waals surface area (Å²) in [5.41, 5.74) is 1.44. The molecular weight excluding hydrogens is 989 g/mol. The Morgan fingerprint density at radius 1 is 0.513 bits per heavy atom. The number of ketones is 1. The molecule has 0 unspecified atom stereocenters. The maximum absolute atomic E-state index is 14.6. The Morgan fingerprint density at radius 2 is 1.00 bits per heavy atom.